The van der Waals surface area contributed by atoms with Crippen molar-refractivity contribution in [1.82, 2.24) is 14.8 Å². The highest BCUT2D eigenvalue weighted by Gasteiger charge is 2.26. The molecule has 2 aliphatic heterocycles. The van der Waals surface area contributed by atoms with Crippen LogP contribution in [0.1, 0.15) is 45.1 Å². The van der Waals surface area contributed by atoms with Crippen molar-refractivity contribution < 1.29 is 9.53 Å². The number of amides is 1. The van der Waals surface area contributed by atoms with Gasteiger partial charge >= 0.3 is 0 Å². The Labute approximate surface area is 195 Å². The summed E-state index contributed by atoms with van der Waals surface area (Å²) in [6, 6.07) is 8.04. The molecule has 3 heterocycles. The summed E-state index contributed by atoms with van der Waals surface area (Å²) in [4.78, 5) is 17.3. The number of rotatable bonds is 8. The number of para-hydroxylation sites is 1. The maximum Gasteiger partial charge on any atom is 0.237 e. The molecule has 0 N–H and O–H groups in total. The van der Waals surface area contributed by atoms with Crippen molar-refractivity contribution >= 4 is 29.3 Å². The molecular weight excluding hydrogens is 422 g/mol. The molecular formula is C24H35N5O2S. The van der Waals surface area contributed by atoms with E-state index in [9.17, 15) is 4.79 Å². The second-order valence-corrected chi connectivity index (χ2v) is 9.85. The van der Waals surface area contributed by atoms with Crippen LogP contribution in [0.5, 0.6) is 0 Å². The molecule has 1 unspecified atom stereocenters. The number of aromatic nitrogens is 3. The molecule has 1 aromatic heterocycles. The third-order valence-corrected chi connectivity index (χ3v) is 7.47. The Balaban J connectivity index is 1.49. The summed E-state index contributed by atoms with van der Waals surface area (Å²) in [6.07, 6.45) is 4.72. The molecule has 1 aromatic carbocycles. The largest absolute Gasteiger partial charge is 0.376 e. The van der Waals surface area contributed by atoms with Crippen LogP contribution in [0, 0.1) is 12.8 Å². The van der Waals surface area contributed by atoms with Gasteiger partial charge in [0, 0.05) is 31.9 Å². The first-order valence-corrected chi connectivity index (χ1v) is 12.8. The van der Waals surface area contributed by atoms with Crippen molar-refractivity contribution in [1.29, 1.82) is 0 Å². The normalized spacial score (nSPS) is 19.5. The Kier molecular flexibility index (Phi) is 7.73. The second-order valence-electron chi connectivity index (χ2n) is 8.91. The second kappa shape index (κ2) is 10.7. The molecule has 2 aliphatic rings. The van der Waals surface area contributed by atoms with Crippen molar-refractivity contribution in [3.63, 3.8) is 0 Å². The Morgan fingerprint density at radius 3 is 2.69 bits per heavy atom. The van der Waals surface area contributed by atoms with Crippen LogP contribution in [0.4, 0.5) is 11.6 Å². The van der Waals surface area contributed by atoms with E-state index in [4.69, 9.17) is 4.74 Å². The van der Waals surface area contributed by atoms with E-state index < -0.39 is 0 Å². The van der Waals surface area contributed by atoms with Gasteiger partial charge in [0.15, 0.2) is 5.16 Å². The average Bonchev–Trinajstić information content (AvgIpc) is 3.45. The molecule has 1 atom stereocenters. The Morgan fingerprint density at radius 1 is 1.22 bits per heavy atom. The SMILES string of the molecule is CCN(C(=O)CSc1nnc(N2CCC(C)CC2)n1CC1CCCO1)c1ccccc1C. The molecule has 4 rings (SSSR count). The summed E-state index contributed by atoms with van der Waals surface area (Å²) in [6.45, 7) is 10.6. The number of hydrogen-bond acceptors (Lipinski definition) is 6. The van der Waals surface area contributed by atoms with E-state index in [2.05, 4.69) is 26.6 Å². The molecule has 174 valence electrons. The average molecular weight is 458 g/mol. The number of nitrogens with zero attached hydrogens (tertiary/aromatic N) is 5. The third kappa shape index (κ3) is 5.29. The van der Waals surface area contributed by atoms with Crippen molar-refractivity contribution in [2.75, 3.05) is 41.8 Å². The Morgan fingerprint density at radius 2 is 2.00 bits per heavy atom. The number of carbonyl (C=O) groups excluding carboxylic acids is 1. The fraction of sp³-hybridized carbons (Fsp3) is 0.625. The van der Waals surface area contributed by atoms with Gasteiger partial charge in [0.2, 0.25) is 11.9 Å². The van der Waals surface area contributed by atoms with Crippen LogP contribution in [0.15, 0.2) is 29.4 Å². The Bertz CT molecular complexity index is 904. The quantitative estimate of drug-likeness (QED) is 0.555. The van der Waals surface area contributed by atoms with Crippen molar-refractivity contribution in [3.8, 4) is 0 Å². The minimum atomic E-state index is 0.0896. The van der Waals surface area contributed by atoms with Gasteiger partial charge < -0.3 is 14.5 Å². The van der Waals surface area contributed by atoms with Gasteiger partial charge in [-0.25, -0.2) is 0 Å². The number of thioether (sulfide) groups is 1. The highest BCUT2D eigenvalue weighted by molar-refractivity contribution is 7.99. The summed E-state index contributed by atoms with van der Waals surface area (Å²) >= 11 is 1.48. The monoisotopic (exact) mass is 457 g/mol. The van der Waals surface area contributed by atoms with Gasteiger partial charge in [-0.05, 0) is 57.1 Å². The molecule has 2 fully saturated rings. The number of ether oxygens (including phenoxy) is 1. The van der Waals surface area contributed by atoms with Gasteiger partial charge in [0.05, 0.1) is 18.4 Å². The highest BCUT2D eigenvalue weighted by Crippen LogP contribution is 2.29. The standard InChI is InChI=1S/C24H35N5O2S/c1-4-28(21-10-6-5-8-19(21)3)22(30)17-32-24-26-25-23(27-13-11-18(2)12-14-27)29(24)16-20-9-7-15-31-20/h5-6,8,10,18,20H,4,7,9,11-17H2,1-3H3. The molecule has 2 aromatic rings. The molecule has 32 heavy (non-hydrogen) atoms. The molecule has 0 spiro atoms. The zero-order valence-corrected chi connectivity index (χ0v) is 20.3. The molecule has 2 saturated heterocycles. The van der Waals surface area contributed by atoms with Crippen molar-refractivity contribution in [2.45, 2.75) is 64.3 Å². The lowest BCUT2D eigenvalue weighted by molar-refractivity contribution is -0.116. The van der Waals surface area contributed by atoms with E-state index in [-0.39, 0.29) is 12.0 Å². The lowest BCUT2D eigenvalue weighted by Crippen LogP contribution is -2.35. The van der Waals surface area contributed by atoms with E-state index in [1.807, 2.05) is 43.0 Å². The molecule has 7 nitrogen and oxygen atoms in total. The lowest BCUT2D eigenvalue weighted by atomic mass is 10.00. The predicted octanol–water partition coefficient (Wildman–Crippen LogP) is 4.15. The maximum atomic E-state index is 13.1. The molecule has 0 saturated carbocycles. The van der Waals surface area contributed by atoms with Gasteiger partial charge in [-0.2, -0.15) is 0 Å². The van der Waals surface area contributed by atoms with Gasteiger partial charge in [-0.1, -0.05) is 36.9 Å². The minimum absolute atomic E-state index is 0.0896. The summed E-state index contributed by atoms with van der Waals surface area (Å²) in [5.41, 5.74) is 2.08. The molecule has 0 aliphatic carbocycles. The van der Waals surface area contributed by atoms with Gasteiger partial charge in [-0.15, -0.1) is 10.2 Å². The van der Waals surface area contributed by atoms with Crippen LogP contribution in [0.3, 0.4) is 0 Å². The summed E-state index contributed by atoms with van der Waals surface area (Å²) in [5.74, 6) is 2.11. The predicted molar refractivity (Wildman–Crippen MR) is 130 cm³/mol. The summed E-state index contributed by atoms with van der Waals surface area (Å²) in [7, 11) is 0. The van der Waals surface area contributed by atoms with Gasteiger partial charge in [0.25, 0.3) is 0 Å². The minimum Gasteiger partial charge on any atom is -0.376 e. The van der Waals surface area contributed by atoms with Crippen LogP contribution in [-0.2, 0) is 16.1 Å². The molecule has 0 radical (unpaired) electrons. The van der Waals surface area contributed by atoms with Crippen molar-refractivity contribution in [2.24, 2.45) is 5.92 Å². The zero-order valence-electron chi connectivity index (χ0n) is 19.5. The highest BCUT2D eigenvalue weighted by atomic mass is 32.2. The first-order chi connectivity index (χ1) is 15.6. The first-order valence-electron chi connectivity index (χ1n) is 11.8. The lowest BCUT2D eigenvalue weighted by Gasteiger charge is -2.31. The van der Waals surface area contributed by atoms with E-state index in [1.165, 1.54) is 24.6 Å². The number of carbonyl (C=O) groups is 1. The number of aryl methyl sites for hydroxylation is 1. The van der Waals surface area contributed by atoms with E-state index >= 15 is 0 Å². The van der Waals surface area contributed by atoms with E-state index in [1.54, 1.807) is 0 Å². The van der Waals surface area contributed by atoms with Crippen LogP contribution in [-0.4, -0.2) is 58.8 Å². The van der Waals surface area contributed by atoms with E-state index in [0.717, 1.165) is 67.4 Å². The fourth-order valence-electron chi connectivity index (χ4n) is 4.53. The molecule has 8 heteroatoms. The van der Waals surface area contributed by atoms with Gasteiger partial charge in [0.1, 0.15) is 0 Å². The Hall–Kier alpha value is -2.06. The first kappa shape index (κ1) is 23.1. The maximum absolute atomic E-state index is 13.1. The van der Waals surface area contributed by atoms with Crippen LogP contribution in [0.2, 0.25) is 0 Å². The molecule has 1 amide bonds. The van der Waals surface area contributed by atoms with Crippen LogP contribution in [0.25, 0.3) is 0 Å². The number of benzene rings is 1. The molecule has 0 bridgehead atoms. The zero-order chi connectivity index (χ0) is 22.5. The van der Waals surface area contributed by atoms with Crippen molar-refractivity contribution in [3.05, 3.63) is 29.8 Å². The topological polar surface area (TPSA) is 63.5 Å². The van der Waals surface area contributed by atoms with Gasteiger partial charge in [-0.3, -0.25) is 9.36 Å². The summed E-state index contributed by atoms with van der Waals surface area (Å²) in [5, 5.41) is 9.88. The fourth-order valence-corrected chi connectivity index (χ4v) is 5.35. The smallest absolute Gasteiger partial charge is 0.237 e. The summed E-state index contributed by atoms with van der Waals surface area (Å²) < 4.78 is 8.10. The third-order valence-electron chi connectivity index (χ3n) is 6.52. The number of anilines is 2. The van der Waals surface area contributed by atoms with E-state index in [0.29, 0.717) is 12.3 Å². The van der Waals surface area contributed by atoms with Crippen LogP contribution < -0.4 is 9.80 Å². The number of piperidine rings is 1. The van der Waals surface area contributed by atoms with Crippen LogP contribution >= 0.6 is 11.8 Å². The number of hydrogen-bond donors (Lipinski definition) is 0.